The summed E-state index contributed by atoms with van der Waals surface area (Å²) in [6, 6.07) is 5.66. The highest BCUT2D eigenvalue weighted by atomic mass is 32.1. The number of thiazole rings is 1. The van der Waals surface area contributed by atoms with Gasteiger partial charge in [-0.3, -0.25) is 0 Å². The van der Waals surface area contributed by atoms with Crippen LogP contribution in [0.15, 0.2) is 24.5 Å². The van der Waals surface area contributed by atoms with Crippen LogP contribution in [-0.4, -0.2) is 9.97 Å². The van der Waals surface area contributed by atoms with Gasteiger partial charge < -0.3 is 5.32 Å². The lowest BCUT2D eigenvalue weighted by Gasteiger charge is -2.12. The van der Waals surface area contributed by atoms with Crippen molar-refractivity contribution in [3.8, 4) is 6.07 Å². The minimum Gasteiger partial charge on any atom is -0.360 e. The molecule has 1 N–H and O–H groups in total. The zero-order valence-electron chi connectivity index (χ0n) is 9.64. The molecule has 0 saturated heterocycles. The minimum atomic E-state index is 0.0516. The van der Waals surface area contributed by atoms with Crippen molar-refractivity contribution in [2.24, 2.45) is 0 Å². The summed E-state index contributed by atoms with van der Waals surface area (Å²) in [7, 11) is 0. The normalized spacial score (nSPS) is 11.8. The summed E-state index contributed by atoms with van der Waals surface area (Å²) in [6.45, 7) is 4.03. The molecule has 1 atom stereocenters. The zero-order chi connectivity index (χ0) is 12.3. The molecule has 0 spiro atoms. The topological polar surface area (TPSA) is 61.6 Å². The molecular weight excluding hydrogens is 232 g/mol. The maximum absolute atomic E-state index is 8.96. The Labute approximate surface area is 104 Å². The first-order valence-electron chi connectivity index (χ1n) is 5.24. The summed E-state index contributed by atoms with van der Waals surface area (Å²) < 4.78 is 0. The smallest absolute Gasteiger partial charge is 0.144 e. The van der Waals surface area contributed by atoms with Crippen LogP contribution in [0.4, 0.5) is 5.82 Å². The van der Waals surface area contributed by atoms with Crippen LogP contribution in [0.1, 0.15) is 28.4 Å². The van der Waals surface area contributed by atoms with E-state index in [9.17, 15) is 0 Å². The van der Waals surface area contributed by atoms with E-state index in [-0.39, 0.29) is 6.04 Å². The third kappa shape index (κ3) is 2.60. The van der Waals surface area contributed by atoms with Gasteiger partial charge in [0.2, 0.25) is 0 Å². The fraction of sp³-hybridized carbons (Fsp3) is 0.250. The van der Waals surface area contributed by atoms with Crippen LogP contribution < -0.4 is 5.32 Å². The Morgan fingerprint density at radius 1 is 1.47 bits per heavy atom. The van der Waals surface area contributed by atoms with Crippen molar-refractivity contribution < 1.29 is 0 Å². The van der Waals surface area contributed by atoms with Crippen molar-refractivity contribution in [2.75, 3.05) is 5.32 Å². The number of pyridine rings is 1. The molecule has 17 heavy (non-hydrogen) atoms. The van der Waals surface area contributed by atoms with Crippen LogP contribution in [0.2, 0.25) is 0 Å². The third-order valence-electron chi connectivity index (χ3n) is 2.29. The number of nitrogens with one attached hydrogen (secondary N) is 1. The van der Waals surface area contributed by atoms with Crippen LogP contribution in [0.5, 0.6) is 0 Å². The SMILES string of the molecule is Cc1cnc(C(C)Nc2ncccc2C#N)s1. The summed E-state index contributed by atoms with van der Waals surface area (Å²) >= 11 is 1.64. The second kappa shape index (κ2) is 4.93. The Bertz CT molecular complexity index is 556. The molecule has 0 amide bonds. The maximum atomic E-state index is 8.96. The van der Waals surface area contributed by atoms with E-state index in [1.54, 1.807) is 29.7 Å². The Morgan fingerprint density at radius 2 is 2.29 bits per heavy atom. The molecule has 5 heteroatoms. The summed E-state index contributed by atoms with van der Waals surface area (Å²) in [5, 5.41) is 13.2. The molecule has 0 aliphatic carbocycles. The van der Waals surface area contributed by atoms with Crippen LogP contribution in [0.25, 0.3) is 0 Å². The highest BCUT2D eigenvalue weighted by molar-refractivity contribution is 7.11. The van der Waals surface area contributed by atoms with Crippen molar-refractivity contribution in [3.63, 3.8) is 0 Å². The van der Waals surface area contributed by atoms with Gasteiger partial charge >= 0.3 is 0 Å². The predicted molar refractivity (Wildman–Crippen MR) is 67.8 cm³/mol. The lowest BCUT2D eigenvalue weighted by Crippen LogP contribution is -2.08. The third-order valence-corrected chi connectivity index (χ3v) is 3.39. The summed E-state index contributed by atoms with van der Waals surface area (Å²) in [6.07, 6.45) is 3.52. The number of nitrogens with zero attached hydrogens (tertiary/aromatic N) is 3. The number of hydrogen-bond acceptors (Lipinski definition) is 5. The van der Waals surface area contributed by atoms with Crippen LogP contribution >= 0.6 is 11.3 Å². The molecule has 4 nitrogen and oxygen atoms in total. The van der Waals surface area contributed by atoms with E-state index >= 15 is 0 Å². The van der Waals surface area contributed by atoms with Crippen molar-refractivity contribution in [1.82, 2.24) is 9.97 Å². The van der Waals surface area contributed by atoms with Gasteiger partial charge in [-0.2, -0.15) is 5.26 Å². The van der Waals surface area contributed by atoms with Crippen LogP contribution in [0.3, 0.4) is 0 Å². The van der Waals surface area contributed by atoms with E-state index in [1.807, 2.05) is 20.0 Å². The Morgan fingerprint density at radius 3 is 2.94 bits per heavy atom. The molecule has 2 aromatic rings. The van der Waals surface area contributed by atoms with Crippen molar-refractivity contribution >= 4 is 17.2 Å². The minimum absolute atomic E-state index is 0.0516. The molecular formula is C12H12N4S. The first-order chi connectivity index (χ1) is 8.20. The van der Waals surface area contributed by atoms with Crippen molar-refractivity contribution in [1.29, 1.82) is 5.26 Å². The Hall–Kier alpha value is -1.93. The van der Waals surface area contributed by atoms with Gasteiger partial charge in [-0.25, -0.2) is 9.97 Å². The molecule has 0 aliphatic heterocycles. The predicted octanol–water partition coefficient (Wildman–Crippen LogP) is 2.89. The molecule has 0 bridgehead atoms. The number of anilines is 1. The van der Waals surface area contributed by atoms with E-state index < -0.39 is 0 Å². The van der Waals surface area contributed by atoms with Gasteiger partial charge in [0.1, 0.15) is 16.9 Å². The largest absolute Gasteiger partial charge is 0.360 e. The van der Waals surface area contributed by atoms with Crippen molar-refractivity contribution in [2.45, 2.75) is 19.9 Å². The Balaban J connectivity index is 2.19. The number of aryl methyl sites for hydroxylation is 1. The van der Waals surface area contributed by atoms with Gasteiger partial charge in [-0.05, 0) is 26.0 Å². The van der Waals surface area contributed by atoms with Crippen molar-refractivity contribution in [3.05, 3.63) is 40.0 Å². The van der Waals surface area contributed by atoms with Gasteiger partial charge in [0, 0.05) is 17.3 Å². The molecule has 0 fully saturated rings. The quantitative estimate of drug-likeness (QED) is 0.901. The van der Waals surface area contributed by atoms with Gasteiger partial charge in [0.25, 0.3) is 0 Å². The lowest BCUT2D eigenvalue weighted by atomic mass is 10.2. The molecule has 1 unspecified atom stereocenters. The van der Waals surface area contributed by atoms with Crippen LogP contribution in [-0.2, 0) is 0 Å². The van der Waals surface area contributed by atoms with Gasteiger partial charge in [0.15, 0.2) is 0 Å². The molecule has 2 heterocycles. The van der Waals surface area contributed by atoms with Crippen LogP contribution in [0, 0.1) is 18.3 Å². The van der Waals surface area contributed by atoms with E-state index in [2.05, 4.69) is 21.4 Å². The van der Waals surface area contributed by atoms with Gasteiger partial charge in [-0.15, -0.1) is 11.3 Å². The van der Waals surface area contributed by atoms with E-state index in [0.717, 1.165) is 5.01 Å². The summed E-state index contributed by atoms with van der Waals surface area (Å²) in [4.78, 5) is 9.65. The van der Waals surface area contributed by atoms with E-state index in [4.69, 9.17) is 5.26 Å². The fourth-order valence-corrected chi connectivity index (χ4v) is 2.23. The molecule has 0 aliphatic rings. The summed E-state index contributed by atoms with van der Waals surface area (Å²) in [5.74, 6) is 0.607. The zero-order valence-corrected chi connectivity index (χ0v) is 10.5. The Kier molecular flexibility index (Phi) is 3.35. The molecule has 86 valence electrons. The highest BCUT2D eigenvalue weighted by Crippen LogP contribution is 2.23. The second-order valence-electron chi connectivity index (χ2n) is 3.69. The van der Waals surface area contributed by atoms with Gasteiger partial charge in [-0.1, -0.05) is 0 Å². The highest BCUT2D eigenvalue weighted by Gasteiger charge is 2.11. The number of nitriles is 1. The maximum Gasteiger partial charge on any atom is 0.144 e. The fourth-order valence-electron chi connectivity index (χ4n) is 1.45. The molecule has 0 saturated carbocycles. The first-order valence-corrected chi connectivity index (χ1v) is 6.06. The average molecular weight is 244 g/mol. The van der Waals surface area contributed by atoms with E-state index in [1.165, 1.54) is 4.88 Å². The molecule has 2 aromatic heterocycles. The average Bonchev–Trinajstić information content (AvgIpc) is 2.77. The number of rotatable bonds is 3. The first kappa shape index (κ1) is 11.6. The summed E-state index contributed by atoms with van der Waals surface area (Å²) in [5.41, 5.74) is 0.549. The number of aromatic nitrogens is 2. The van der Waals surface area contributed by atoms with E-state index in [0.29, 0.717) is 11.4 Å². The standard InChI is InChI=1S/C12H12N4S/c1-8-7-15-12(17-8)9(2)16-11-10(6-13)4-3-5-14-11/h3-5,7,9H,1-2H3,(H,14,16). The molecule has 0 radical (unpaired) electrons. The molecule has 0 aromatic carbocycles. The monoisotopic (exact) mass is 244 g/mol. The lowest BCUT2D eigenvalue weighted by molar-refractivity contribution is 0.859. The number of hydrogen-bond donors (Lipinski definition) is 1. The van der Waals surface area contributed by atoms with Gasteiger partial charge in [0.05, 0.1) is 11.6 Å². The second-order valence-corrected chi connectivity index (χ2v) is 4.95. The molecule has 2 rings (SSSR count).